The average molecular weight is 236 g/mol. The Hall–Kier alpha value is -1.35. The summed E-state index contributed by atoms with van der Waals surface area (Å²) in [7, 11) is 0. The molecule has 94 valence electrons. The molecule has 0 saturated heterocycles. The van der Waals surface area contributed by atoms with Gasteiger partial charge in [0, 0.05) is 12.2 Å². The lowest BCUT2D eigenvalue weighted by atomic mass is 10.0. The van der Waals surface area contributed by atoms with Crippen LogP contribution in [0.4, 0.5) is 0 Å². The van der Waals surface area contributed by atoms with Gasteiger partial charge in [0.05, 0.1) is 6.61 Å². The lowest BCUT2D eigenvalue weighted by molar-refractivity contribution is 0.0443. The summed E-state index contributed by atoms with van der Waals surface area (Å²) in [5.41, 5.74) is 0.649. The van der Waals surface area contributed by atoms with Crippen LogP contribution >= 0.6 is 0 Å². The first kappa shape index (κ1) is 13.7. The molecule has 3 nitrogen and oxygen atoms in total. The Morgan fingerprint density at radius 2 is 2.00 bits per heavy atom. The van der Waals surface area contributed by atoms with Crippen molar-refractivity contribution in [3.8, 4) is 5.75 Å². The summed E-state index contributed by atoms with van der Waals surface area (Å²) in [4.78, 5) is 12.1. The highest BCUT2D eigenvalue weighted by Gasteiger charge is 2.18. The van der Waals surface area contributed by atoms with Gasteiger partial charge >= 0.3 is 0 Å². The maximum atomic E-state index is 12.1. The van der Waals surface area contributed by atoms with Crippen LogP contribution in [0.25, 0.3) is 0 Å². The third-order valence-electron chi connectivity index (χ3n) is 2.46. The molecule has 1 unspecified atom stereocenters. The molecule has 0 bridgehead atoms. The summed E-state index contributed by atoms with van der Waals surface area (Å²) in [6.07, 6.45) is 0.336. The van der Waals surface area contributed by atoms with Crippen molar-refractivity contribution >= 4 is 5.78 Å². The van der Waals surface area contributed by atoms with Crippen molar-refractivity contribution in [2.75, 3.05) is 13.2 Å². The fourth-order valence-corrected chi connectivity index (χ4v) is 1.67. The molecule has 1 rings (SSSR count). The lowest BCUT2D eigenvalue weighted by Gasteiger charge is -2.14. The van der Waals surface area contributed by atoms with E-state index in [9.17, 15) is 4.79 Å². The first-order chi connectivity index (χ1) is 8.22. The molecule has 0 heterocycles. The van der Waals surface area contributed by atoms with Crippen LogP contribution in [0.2, 0.25) is 0 Å². The van der Waals surface area contributed by atoms with Crippen LogP contribution in [0.1, 0.15) is 37.6 Å². The quantitative estimate of drug-likeness (QED) is 0.682. The zero-order chi connectivity index (χ0) is 12.7. The molecular weight excluding hydrogens is 216 g/mol. The number of carbonyl (C=O) groups is 1. The van der Waals surface area contributed by atoms with Crippen LogP contribution in [0.5, 0.6) is 5.75 Å². The molecule has 0 aromatic heterocycles. The molecule has 0 aliphatic carbocycles. The summed E-state index contributed by atoms with van der Waals surface area (Å²) in [6.45, 7) is 6.91. The van der Waals surface area contributed by atoms with Crippen LogP contribution in [-0.2, 0) is 4.74 Å². The van der Waals surface area contributed by atoms with Gasteiger partial charge in [-0.05, 0) is 32.4 Å². The fraction of sp³-hybridized carbons (Fsp3) is 0.500. The number of benzene rings is 1. The van der Waals surface area contributed by atoms with Crippen molar-refractivity contribution in [2.24, 2.45) is 0 Å². The van der Waals surface area contributed by atoms with Crippen molar-refractivity contribution in [3.05, 3.63) is 29.8 Å². The van der Waals surface area contributed by atoms with Crippen LogP contribution < -0.4 is 4.74 Å². The van der Waals surface area contributed by atoms with Gasteiger partial charge in [0.1, 0.15) is 11.9 Å². The third kappa shape index (κ3) is 3.86. The molecule has 1 aromatic rings. The van der Waals surface area contributed by atoms with Gasteiger partial charge in [-0.1, -0.05) is 19.1 Å². The number of hydrogen-bond acceptors (Lipinski definition) is 3. The summed E-state index contributed by atoms with van der Waals surface area (Å²) in [5, 5.41) is 0. The number of ether oxygens (including phenoxy) is 2. The normalized spacial score (nSPS) is 12.2. The number of rotatable bonds is 7. The Balaban J connectivity index is 2.83. The molecule has 0 amide bonds. The SMILES string of the molecule is CCOc1cccc(C(=O)C(CC)OCC)c1. The molecule has 0 saturated carbocycles. The molecule has 1 atom stereocenters. The van der Waals surface area contributed by atoms with E-state index in [-0.39, 0.29) is 11.9 Å². The highest BCUT2D eigenvalue weighted by atomic mass is 16.5. The van der Waals surface area contributed by atoms with E-state index in [4.69, 9.17) is 9.47 Å². The molecule has 0 radical (unpaired) electrons. The smallest absolute Gasteiger partial charge is 0.191 e. The number of carbonyl (C=O) groups excluding carboxylic acids is 1. The predicted octanol–water partition coefficient (Wildman–Crippen LogP) is 3.08. The Morgan fingerprint density at radius 1 is 1.24 bits per heavy atom. The van der Waals surface area contributed by atoms with Crippen molar-refractivity contribution < 1.29 is 14.3 Å². The number of ketones is 1. The minimum absolute atomic E-state index is 0.0240. The second-order valence-electron chi connectivity index (χ2n) is 3.68. The Labute approximate surface area is 103 Å². The lowest BCUT2D eigenvalue weighted by Crippen LogP contribution is -2.23. The van der Waals surface area contributed by atoms with Gasteiger partial charge in [0.25, 0.3) is 0 Å². The van der Waals surface area contributed by atoms with Gasteiger partial charge in [0.15, 0.2) is 5.78 Å². The third-order valence-corrected chi connectivity index (χ3v) is 2.46. The van der Waals surface area contributed by atoms with E-state index in [1.54, 1.807) is 12.1 Å². The van der Waals surface area contributed by atoms with Gasteiger partial charge in [-0.3, -0.25) is 4.79 Å². The van der Waals surface area contributed by atoms with E-state index < -0.39 is 0 Å². The van der Waals surface area contributed by atoms with Crippen molar-refractivity contribution in [3.63, 3.8) is 0 Å². The maximum Gasteiger partial charge on any atom is 0.191 e. The molecule has 17 heavy (non-hydrogen) atoms. The first-order valence-electron chi connectivity index (χ1n) is 6.11. The molecule has 0 aliphatic heterocycles. The monoisotopic (exact) mass is 236 g/mol. The molecule has 0 spiro atoms. The largest absolute Gasteiger partial charge is 0.494 e. The Bertz CT molecular complexity index is 360. The molecule has 0 aliphatic rings. The van der Waals surface area contributed by atoms with E-state index in [1.807, 2.05) is 32.9 Å². The topological polar surface area (TPSA) is 35.5 Å². The molecule has 1 aromatic carbocycles. The van der Waals surface area contributed by atoms with Gasteiger partial charge < -0.3 is 9.47 Å². The molecule has 3 heteroatoms. The zero-order valence-electron chi connectivity index (χ0n) is 10.7. The van der Waals surface area contributed by atoms with E-state index in [0.717, 1.165) is 5.75 Å². The Kier molecular flexibility index (Phi) is 5.70. The van der Waals surface area contributed by atoms with Crippen LogP contribution in [0.3, 0.4) is 0 Å². The van der Waals surface area contributed by atoms with E-state index in [0.29, 0.717) is 25.2 Å². The summed E-state index contributed by atoms with van der Waals surface area (Å²) < 4.78 is 10.8. The van der Waals surface area contributed by atoms with Crippen LogP contribution in [0, 0.1) is 0 Å². The zero-order valence-corrected chi connectivity index (χ0v) is 10.7. The highest BCUT2D eigenvalue weighted by Crippen LogP contribution is 2.16. The highest BCUT2D eigenvalue weighted by molar-refractivity contribution is 5.99. The fourth-order valence-electron chi connectivity index (χ4n) is 1.67. The van der Waals surface area contributed by atoms with E-state index in [1.165, 1.54) is 0 Å². The second kappa shape index (κ2) is 7.07. The number of hydrogen-bond donors (Lipinski definition) is 0. The van der Waals surface area contributed by atoms with Gasteiger partial charge in [-0.15, -0.1) is 0 Å². The average Bonchev–Trinajstić information content (AvgIpc) is 2.36. The molecule has 0 fully saturated rings. The standard InChI is InChI=1S/C14H20O3/c1-4-13(17-6-3)14(15)11-8-7-9-12(10-11)16-5-2/h7-10,13H,4-6H2,1-3H3. The van der Waals surface area contributed by atoms with Crippen molar-refractivity contribution in [1.29, 1.82) is 0 Å². The second-order valence-corrected chi connectivity index (χ2v) is 3.68. The van der Waals surface area contributed by atoms with Crippen LogP contribution in [-0.4, -0.2) is 25.1 Å². The van der Waals surface area contributed by atoms with E-state index in [2.05, 4.69) is 0 Å². The predicted molar refractivity (Wildman–Crippen MR) is 67.6 cm³/mol. The van der Waals surface area contributed by atoms with Crippen LogP contribution in [0.15, 0.2) is 24.3 Å². The first-order valence-corrected chi connectivity index (χ1v) is 6.11. The van der Waals surface area contributed by atoms with Gasteiger partial charge in [-0.2, -0.15) is 0 Å². The number of Topliss-reactive ketones (excluding diaryl/α,β-unsaturated/α-hetero) is 1. The minimum Gasteiger partial charge on any atom is -0.494 e. The molecule has 0 N–H and O–H groups in total. The van der Waals surface area contributed by atoms with Crippen molar-refractivity contribution in [1.82, 2.24) is 0 Å². The summed E-state index contributed by atoms with van der Waals surface area (Å²) in [6, 6.07) is 7.25. The summed E-state index contributed by atoms with van der Waals surface area (Å²) >= 11 is 0. The maximum absolute atomic E-state index is 12.1. The molecular formula is C14H20O3. The van der Waals surface area contributed by atoms with E-state index >= 15 is 0 Å². The van der Waals surface area contributed by atoms with Gasteiger partial charge in [-0.25, -0.2) is 0 Å². The summed E-state index contributed by atoms with van der Waals surface area (Å²) in [5.74, 6) is 0.751. The Morgan fingerprint density at radius 3 is 2.59 bits per heavy atom. The van der Waals surface area contributed by atoms with Crippen molar-refractivity contribution in [2.45, 2.75) is 33.3 Å². The minimum atomic E-state index is -0.350. The van der Waals surface area contributed by atoms with Gasteiger partial charge in [0.2, 0.25) is 0 Å².